The van der Waals surface area contributed by atoms with E-state index in [2.05, 4.69) is 13.8 Å². The number of allylic oxidation sites excluding steroid dienone is 1. The molecular formula is C27H40O7. The summed E-state index contributed by atoms with van der Waals surface area (Å²) in [6, 6.07) is 0. The highest BCUT2D eigenvalue weighted by atomic mass is 16.7. The predicted molar refractivity (Wildman–Crippen MR) is 125 cm³/mol. The Labute approximate surface area is 202 Å². The molecule has 190 valence electrons. The quantitative estimate of drug-likeness (QED) is 0.421. The number of aliphatic hydroxyl groups is 1. The van der Waals surface area contributed by atoms with Crippen LogP contribution in [0.4, 0.5) is 0 Å². The third-order valence-corrected chi connectivity index (χ3v) is 9.71. The largest absolute Gasteiger partial charge is 0.458 e. The molecule has 7 nitrogen and oxygen atoms in total. The SMILES string of the molecule is CCCC(=O)OCC(=O)[C@@]1(OCOC)CC[C@H]2[C@@H]3CCC4=CC(=O)CC[C@]4(C)[C@H]3[C@@H](O)C[C@@]21C. The second-order valence-electron chi connectivity index (χ2n) is 11.3. The summed E-state index contributed by atoms with van der Waals surface area (Å²) in [5.74, 6) is 0.0752. The van der Waals surface area contributed by atoms with E-state index in [1.165, 1.54) is 12.7 Å². The zero-order valence-electron chi connectivity index (χ0n) is 21.1. The van der Waals surface area contributed by atoms with Gasteiger partial charge in [-0.25, -0.2) is 0 Å². The van der Waals surface area contributed by atoms with Crippen LogP contribution in [0.15, 0.2) is 11.6 Å². The van der Waals surface area contributed by atoms with Gasteiger partial charge in [0.2, 0.25) is 5.78 Å². The van der Waals surface area contributed by atoms with Crippen molar-refractivity contribution in [3.63, 3.8) is 0 Å². The topological polar surface area (TPSA) is 99.1 Å². The summed E-state index contributed by atoms with van der Waals surface area (Å²) in [6.45, 7) is 5.83. The third kappa shape index (κ3) is 3.88. The van der Waals surface area contributed by atoms with E-state index < -0.39 is 17.1 Å². The summed E-state index contributed by atoms with van der Waals surface area (Å²) in [4.78, 5) is 37.7. The number of rotatable bonds is 8. The molecule has 0 aromatic rings. The average molecular weight is 477 g/mol. The van der Waals surface area contributed by atoms with Gasteiger partial charge in [0.25, 0.3) is 0 Å². The molecule has 0 heterocycles. The van der Waals surface area contributed by atoms with E-state index in [-0.39, 0.29) is 60.5 Å². The Bertz CT molecular complexity index is 865. The van der Waals surface area contributed by atoms with Crippen molar-refractivity contribution < 1.29 is 33.7 Å². The summed E-state index contributed by atoms with van der Waals surface area (Å²) < 4.78 is 16.7. The van der Waals surface area contributed by atoms with E-state index in [0.717, 1.165) is 25.7 Å². The van der Waals surface area contributed by atoms with Gasteiger partial charge in [0, 0.05) is 25.4 Å². The van der Waals surface area contributed by atoms with Gasteiger partial charge >= 0.3 is 5.97 Å². The van der Waals surface area contributed by atoms with Crippen molar-refractivity contribution >= 4 is 17.5 Å². The first-order valence-electron chi connectivity index (χ1n) is 12.9. The van der Waals surface area contributed by atoms with Crippen LogP contribution >= 0.6 is 0 Å². The fourth-order valence-electron chi connectivity index (χ4n) is 8.15. The molecule has 0 bridgehead atoms. The van der Waals surface area contributed by atoms with E-state index in [1.807, 2.05) is 13.0 Å². The molecule has 0 saturated heterocycles. The van der Waals surface area contributed by atoms with E-state index in [1.54, 1.807) is 0 Å². The number of carbonyl (C=O) groups excluding carboxylic acids is 3. The van der Waals surface area contributed by atoms with Crippen molar-refractivity contribution in [3.05, 3.63) is 11.6 Å². The zero-order chi connectivity index (χ0) is 24.7. The van der Waals surface area contributed by atoms with Crippen molar-refractivity contribution in [1.29, 1.82) is 0 Å². The number of hydrogen-bond acceptors (Lipinski definition) is 7. The number of ether oxygens (including phenoxy) is 3. The monoisotopic (exact) mass is 476 g/mol. The van der Waals surface area contributed by atoms with Gasteiger partial charge in [-0.1, -0.05) is 26.3 Å². The smallest absolute Gasteiger partial charge is 0.306 e. The highest BCUT2D eigenvalue weighted by molar-refractivity contribution is 5.92. The number of hydrogen-bond donors (Lipinski definition) is 1. The number of ketones is 2. The first-order valence-corrected chi connectivity index (χ1v) is 12.9. The van der Waals surface area contributed by atoms with E-state index in [9.17, 15) is 19.5 Å². The Morgan fingerprint density at radius 1 is 1.18 bits per heavy atom. The fraction of sp³-hybridized carbons (Fsp3) is 0.815. The van der Waals surface area contributed by atoms with Crippen LogP contribution in [0.25, 0.3) is 0 Å². The molecular weight excluding hydrogens is 436 g/mol. The molecule has 4 aliphatic rings. The van der Waals surface area contributed by atoms with Gasteiger partial charge in [0.1, 0.15) is 12.4 Å². The summed E-state index contributed by atoms with van der Waals surface area (Å²) >= 11 is 0. The minimum Gasteiger partial charge on any atom is -0.458 e. The minimum atomic E-state index is -1.16. The van der Waals surface area contributed by atoms with Crippen LogP contribution in [0, 0.1) is 28.6 Å². The number of esters is 1. The van der Waals surface area contributed by atoms with Crippen LogP contribution < -0.4 is 0 Å². The predicted octanol–water partition coefficient (Wildman–Crippen LogP) is 3.76. The van der Waals surface area contributed by atoms with E-state index >= 15 is 0 Å². The molecule has 0 unspecified atom stereocenters. The highest BCUT2D eigenvalue weighted by Gasteiger charge is 2.69. The van der Waals surface area contributed by atoms with Crippen LogP contribution in [-0.2, 0) is 28.6 Å². The van der Waals surface area contributed by atoms with Crippen LogP contribution in [-0.4, -0.2) is 54.9 Å². The fourth-order valence-corrected chi connectivity index (χ4v) is 8.15. The lowest BCUT2D eigenvalue weighted by atomic mass is 9.45. The van der Waals surface area contributed by atoms with Gasteiger partial charge in [0.15, 0.2) is 12.4 Å². The first kappa shape index (κ1) is 25.5. The van der Waals surface area contributed by atoms with E-state index in [4.69, 9.17) is 14.2 Å². The van der Waals surface area contributed by atoms with Gasteiger partial charge < -0.3 is 19.3 Å². The Hall–Kier alpha value is -1.57. The Morgan fingerprint density at radius 3 is 2.65 bits per heavy atom. The molecule has 0 spiro atoms. The van der Waals surface area contributed by atoms with Crippen LogP contribution in [0.2, 0.25) is 0 Å². The summed E-state index contributed by atoms with van der Waals surface area (Å²) in [5, 5.41) is 11.6. The molecule has 34 heavy (non-hydrogen) atoms. The maximum atomic E-state index is 13.6. The van der Waals surface area contributed by atoms with Crippen molar-refractivity contribution in [1.82, 2.24) is 0 Å². The van der Waals surface area contributed by atoms with Gasteiger partial charge in [-0.2, -0.15) is 0 Å². The molecule has 1 N–H and O–H groups in total. The maximum absolute atomic E-state index is 13.6. The molecule has 0 radical (unpaired) electrons. The number of aliphatic hydroxyl groups excluding tert-OH is 1. The molecule has 0 amide bonds. The van der Waals surface area contributed by atoms with Gasteiger partial charge in [0.05, 0.1) is 6.10 Å². The third-order valence-electron chi connectivity index (χ3n) is 9.71. The lowest BCUT2D eigenvalue weighted by Gasteiger charge is -2.61. The molecule has 7 heteroatoms. The Kier molecular flexibility index (Phi) is 7.11. The van der Waals surface area contributed by atoms with Crippen molar-refractivity contribution in [2.75, 3.05) is 20.5 Å². The maximum Gasteiger partial charge on any atom is 0.306 e. The van der Waals surface area contributed by atoms with Crippen LogP contribution in [0.5, 0.6) is 0 Å². The molecule has 0 aromatic carbocycles. The molecule has 0 aromatic heterocycles. The number of fused-ring (bicyclic) bond motifs is 5. The summed E-state index contributed by atoms with van der Waals surface area (Å²) in [7, 11) is 1.53. The zero-order valence-corrected chi connectivity index (χ0v) is 21.1. The van der Waals surface area contributed by atoms with Gasteiger partial charge in [-0.3, -0.25) is 14.4 Å². The average Bonchev–Trinajstić information content (AvgIpc) is 3.09. The second kappa shape index (κ2) is 9.47. The highest BCUT2D eigenvalue weighted by Crippen LogP contribution is 2.68. The molecule has 3 fully saturated rings. The molecule has 0 aliphatic heterocycles. The van der Waals surface area contributed by atoms with Crippen LogP contribution in [0.3, 0.4) is 0 Å². The standard InChI is InChI=1S/C27H40O7/c1-5-6-23(31)33-15-22(30)27(34-16-32-4)12-10-20-19-8-7-17-13-18(28)9-11-25(17,2)24(19)21(29)14-26(20,27)3/h13,19-21,24,29H,5-12,14-16H2,1-4H3/t19-,20-,21-,24+,25-,26-,27-/m0/s1. The Morgan fingerprint density at radius 2 is 1.94 bits per heavy atom. The number of methoxy groups -OCH3 is 1. The summed E-state index contributed by atoms with van der Waals surface area (Å²) in [6.07, 6.45) is 7.00. The lowest BCUT2D eigenvalue weighted by Crippen LogP contribution is -2.63. The van der Waals surface area contributed by atoms with Crippen molar-refractivity contribution in [2.24, 2.45) is 28.6 Å². The molecule has 3 saturated carbocycles. The normalized spacial score (nSPS) is 41.2. The molecule has 7 atom stereocenters. The van der Waals surface area contributed by atoms with Gasteiger partial charge in [-0.15, -0.1) is 0 Å². The van der Waals surface area contributed by atoms with E-state index in [0.29, 0.717) is 25.7 Å². The van der Waals surface area contributed by atoms with Crippen molar-refractivity contribution in [3.8, 4) is 0 Å². The Balaban J connectivity index is 1.65. The lowest BCUT2D eigenvalue weighted by molar-refractivity contribution is -0.217. The summed E-state index contributed by atoms with van der Waals surface area (Å²) in [5.41, 5.74) is -0.754. The molecule has 4 aliphatic carbocycles. The second-order valence-corrected chi connectivity index (χ2v) is 11.3. The molecule has 4 rings (SSSR count). The van der Waals surface area contributed by atoms with Gasteiger partial charge in [-0.05, 0) is 74.2 Å². The number of Topliss-reactive ketones (excluding diaryl/α,β-unsaturated/α-hetero) is 1. The number of carbonyl (C=O) groups is 3. The van der Waals surface area contributed by atoms with Crippen molar-refractivity contribution in [2.45, 2.75) is 90.3 Å². The first-order chi connectivity index (χ1) is 16.1. The minimum absolute atomic E-state index is 0.0339. The van der Waals surface area contributed by atoms with Crippen LogP contribution in [0.1, 0.15) is 78.6 Å².